The molecule has 22 heavy (non-hydrogen) atoms. The molecule has 1 heterocycles. The van der Waals surface area contributed by atoms with E-state index in [0.29, 0.717) is 30.4 Å². The zero-order chi connectivity index (χ0) is 16.3. The van der Waals surface area contributed by atoms with Crippen LogP contribution in [0, 0.1) is 0 Å². The van der Waals surface area contributed by atoms with Gasteiger partial charge in [-0.2, -0.15) is 0 Å². The van der Waals surface area contributed by atoms with Crippen LogP contribution in [-0.4, -0.2) is 39.3 Å². The molecule has 1 saturated heterocycles. The van der Waals surface area contributed by atoms with Crippen LogP contribution >= 0.6 is 0 Å². The number of carbonyl (C=O) groups excluding carboxylic acids is 1. The van der Waals surface area contributed by atoms with E-state index in [1.807, 2.05) is 13.8 Å². The normalized spacial score (nSPS) is 18.6. The summed E-state index contributed by atoms with van der Waals surface area (Å²) >= 11 is 0. The Balaban J connectivity index is 2.29. The van der Waals surface area contributed by atoms with Gasteiger partial charge in [0.05, 0.1) is 13.2 Å². The highest BCUT2D eigenvalue weighted by Crippen LogP contribution is 2.34. The largest absolute Gasteiger partial charge is 0.490 e. The van der Waals surface area contributed by atoms with Gasteiger partial charge in [0.15, 0.2) is 11.5 Å². The quantitative estimate of drug-likeness (QED) is 0.835. The first-order valence-electron chi connectivity index (χ1n) is 7.08. The van der Waals surface area contributed by atoms with Crippen molar-refractivity contribution in [3.05, 3.63) is 18.2 Å². The minimum absolute atomic E-state index is 0.0528. The SMILES string of the molecule is CCOc1ccc(N2CC(S(N)(=O)=O)CC2=O)cc1OCC. The standard InChI is InChI=1S/C14H20N2O5S/c1-3-20-12-6-5-10(7-13(12)21-4-2)16-9-11(8-14(16)17)22(15,18)19/h5-7,11H,3-4,8-9H2,1-2H3,(H2,15,18,19). The Morgan fingerprint density at radius 1 is 1.23 bits per heavy atom. The highest BCUT2D eigenvalue weighted by molar-refractivity contribution is 7.89. The van der Waals surface area contributed by atoms with Crippen molar-refractivity contribution < 1.29 is 22.7 Å². The van der Waals surface area contributed by atoms with Crippen LogP contribution in [0.5, 0.6) is 11.5 Å². The summed E-state index contributed by atoms with van der Waals surface area (Å²) in [6.45, 7) is 4.72. The number of benzene rings is 1. The van der Waals surface area contributed by atoms with Crippen LogP contribution in [0.4, 0.5) is 5.69 Å². The van der Waals surface area contributed by atoms with E-state index < -0.39 is 15.3 Å². The number of anilines is 1. The van der Waals surface area contributed by atoms with Crippen LogP contribution in [0.2, 0.25) is 0 Å². The Kier molecular flexibility index (Phi) is 4.92. The van der Waals surface area contributed by atoms with Crippen molar-refractivity contribution in [3.8, 4) is 11.5 Å². The van der Waals surface area contributed by atoms with Crippen molar-refractivity contribution in [2.75, 3.05) is 24.7 Å². The van der Waals surface area contributed by atoms with E-state index in [1.165, 1.54) is 4.90 Å². The molecule has 1 amide bonds. The van der Waals surface area contributed by atoms with Crippen molar-refractivity contribution in [3.63, 3.8) is 0 Å². The van der Waals surface area contributed by atoms with Gasteiger partial charge in [-0.1, -0.05) is 0 Å². The molecule has 0 bridgehead atoms. The van der Waals surface area contributed by atoms with Gasteiger partial charge in [0.1, 0.15) is 5.25 Å². The molecule has 0 saturated carbocycles. The molecule has 1 aliphatic heterocycles. The van der Waals surface area contributed by atoms with Gasteiger partial charge in [0.2, 0.25) is 15.9 Å². The summed E-state index contributed by atoms with van der Waals surface area (Å²) in [5.41, 5.74) is 0.572. The Morgan fingerprint density at radius 2 is 1.86 bits per heavy atom. The average molecular weight is 328 g/mol. The van der Waals surface area contributed by atoms with Crippen LogP contribution in [0.1, 0.15) is 20.3 Å². The maximum absolute atomic E-state index is 12.0. The highest BCUT2D eigenvalue weighted by atomic mass is 32.2. The summed E-state index contributed by atoms with van der Waals surface area (Å²) in [4.78, 5) is 13.5. The van der Waals surface area contributed by atoms with Crippen molar-refractivity contribution in [2.24, 2.45) is 5.14 Å². The lowest BCUT2D eigenvalue weighted by Gasteiger charge is -2.19. The second-order valence-electron chi connectivity index (χ2n) is 4.92. The zero-order valence-electron chi connectivity index (χ0n) is 12.6. The third-order valence-corrected chi connectivity index (χ3v) is 4.64. The third-order valence-electron chi connectivity index (χ3n) is 3.39. The van der Waals surface area contributed by atoms with E-state index in [9.17, 15) is 13.2 Å². The molecular weight excluding hydrogens is 308 g/mol. The lowest BCUT2D eigenvalue weighted by molar-refractivity contribution is -0.117. The first-order valence-corrected chi connectivity index (χ1v) is 8.69. The number of primary sulfonamides is 1. The first-order chi connectivity index (χ1) is 10.4. The van der Waals surface area contributed by atoms with E-state index in [1.54, 1.807) is 18.2 Å². The molecule has 7 nitrogen and oxygen atoms in total. The lowest BCUT2D eigenvalue weighted by Crippen LogP contribution is -2.32. The molecule has 2 rings (SSSR count). The number of carbonyl (C=O) groups is 1. The Morgan fingerprint density at radius 3 is 2.41 bits per heavy atom. The fourth-order valence-corrected chi connectivity index (χ4v) is 3.08. The molecule has 1 aromatic rings. The van der Waals surface area contributed by atoms with Crippen molar-refractivity contribution >= 4 is 21.6 Å². The van der Waals surface area contributed by atoms with Crippen LogP contribution in [0.15, 0.2) is 18.2 Å². The van der Waals surface area contributed by atoms with Gasteiger partial charge in [-0.15, -0.1) is 0 Å². The number of amides is 1. The first kappa shape index (κ1) is 16.6. The number of nitrogens with zero attached hydrogens (tertiary/aromatic N) is 1. The predicted octanol–water partition coefficient (Wildman–Crippen LogP) is 0.878. The van der Waals surface area contributed by atoms with E-state index in [-0.39, 0.29) is 18.9 Å². The molecule has 122 valence electrons. The van der Waals surface area contributed by atoms with E-state index in [2.05, 4.69) is 0 Å². The van der Waals surface area contributed by atoms with Crippen LogP contribution in [-0.2, 0) is 14.8 Å². The minimum atomic E-state index is -3.73. The highest BCUT2D eigenvalue weighted by Gasteiger charge is 2.37. The predicted molar refractivity (Wildman–Crippen MR) is 82.6 cm³/mol. The molecule has 0 aliphatic carbocycles. The van der Waals surface area contributed by atoms with Gasteiger partial charge in [-0.25, -0.2) is 13.6 Å². The topological polar surface area (TPSA) is 98.9 Å². The van der Waals surface area contributed by atoms with Crippen molar-refractivity contribution in [2.45, 2.75) is 25.5 Å². The molecule has 0 aromatic heterocycles. The summed E-state index contributed by atoms with van der Waals surface area (Å²) in [7, 11) is -3.73. The fourth-order valence-electron chi connectivity index (χ4n) is 2.35. The Hall–Kier alpha value is -1.80. The molecule has 1 aliphatic rings. The van der Waals surface area contributed by atoms with E-state index in [0.717, 1.165) is 0 Å². The maximum Gasteiger partial charge on any atom is 0.228 e. The van der Waals surface area contributed by atoms with Gasteiger partial charge in [-0.05, 0) is 26.0 Å². The molecule has 0 spiro atoms. The summed E-state index contributed by atoms with van der Waals surface area (Å²) < 4.78 is 33.8. The number of hydrogen-bond donors (Lipinski definition) is 1. The number of sulfonamides is 1. The Bertz CT molecular complexity index is 659. The van der Waals surface area contributed by atoms with Crippen molar-refractivity contribution in [1.82, 2.24) is 0 Å². The fraction of sp³-hybridized carbons (Fsp3) is 0.500. The number of rotatable bonds is 6. The van der Waals surface area contributed by atoms with Crippen LogP contribution in [0.3, 0.4) is 0 Å². The molecule has 8 heteroatoms. The van der Waals surface area contributed by atoms with Gasteiger partial charge in [-0.3, -0.25) is 4.79 Å². The summed E-state index contributed by atoms with van der Waals surface area (Å²) in [5, 5.41) is 4.26. The smallest absolute Gasteiger partial charge is 0.228 e. The second kappa shape index (κ2) is 6.53. The van der Waals surface area contributed by atoms with Crippen LogP contribution in [0.25, 0.3) is 0 Å². The van der Waals surface area contributed by atoms with Crippen LogP contribution < -0.4 is 19.5 Å². The van der Waals surface area contributed by atoms with E-state index >= 15 is 0 Å². The third kappa shape index (κ3) is 3.50. The number of hydrogen-bond acceptors (Lipinski definition) is 5. The van der Waals surface area contributed by atoms with Gasteiger partial charge in [0.25, 0.3) is 0 Å². The molecule has 1 atom stereocenters. The van der Waals surface area contributed by atoms with Gasteiger partial charge >= 0.3 is 0 Å². The Labute approximate surface area is 130 Å². The lowest BCUT2D eigenvalue weighted by atomic mass is 10.2. The van der Waals surface area contributed by atoms with Gasteiger partial charge < -0.3 is 14.4 Å². The molecular formula is C14H20N2O5S. The molecule has 2 N–H and O–H groups in total. The second-order valence-corrected chi connectivity index (χ2v) is 6.76. The maximum atomic E-state index is 12.0. The average Bonchev–Trinajstić information content (AvgIpc) is 2.83. The monoisotopic (exact) mass is 328 g/mol. The summed E-state index contributed by atoms with van der Waals surface area (Å²) in [6, 6.07) is 5.09. The molecule has 0 radical (unpaired) electrons. The van der Waals surface area contributed by atoms with Crippen molar-refractivity contribution in [1.29, 1.82) is 0 Å². The number of nitrogens with two attached hydrogens (primary N) is 1. The molecule has 1 fully saturated rings. The summed E-state index contributed by atoms with van der Waals surface area (Å²) in [5.74, 6) is 0.835. The number of ether oxygens (including phenoxy) is 2. The minimum Gasteiger partial charge on any atom is -0.490 e. The zero-order valence-corrected chi connectivity index (χ0v) is 13.4. The van der Waals surface area contributed by atoms with E-state index in [4.69, 9.17) is 14.6 Å². The molecule has 1 aromatic carbocycles. The van der Waals surface area contributed by atoms with Gasteiger partial charge in [0, 0.05) is 24.7 Å². The molecule has 1 unspecified atom stereocenters. The summed E-state index contributed by atoms with van der Waals surface area (Å²) in [6.07, 6.45) is -0.101.